The van der Waals surface area contributed by atoms with Crippen LogP contribution in [0.5, 0.6) is 0 Å². The van der Waals surface area contributed by atoms with E-state index in [4.69, 9.17) is 11.6 Å². The van der Waals surface area contributed by atoms with Gasteiger partial charge in [-0.3, -0.25) is 14.2 Å². The van der Waals surface area contributed by atoms with E-state index >= 15 is 0 Å². The third kappa shape index (κ3) is 5.92. The van der Waals surface area contributed by atoms with Crippen LogP contribution in [0.4, 0.5) is 18.9 Å². The number of hydrogen-bond acceptors (Lipinski definition) is 5. The molecule has 1 aliphatic heterocycles. The molecule has 1 amide bonds. The zero-order chi connectivity index (χ0) is 26.0. The molecule has 0 radical (unpaired) electrons. The molecule has 0 bridgehead atoms. The summed E-state index contributed by atoms with van der Waals surface area (Å²) in [5, 5.41) is 6.37. The van der Waals surface area contributed by atoms with Gasteiger partial charge in [-0.25, -0.2) is 4.98 Å². The van der Waals surface area contributed by atoms with E-state index < -0.39 is 23.6 Å². The Morgan fingerprint density at radius 3 is 2.78 bits per heavy atom. The average Bonchev–Trinajstić information content (AvgIpc) is 3.09. The Labute approximate surface area is 212 Å². The van der Waals surface area contributed by atoms with Crippen LogP contribution < -0.4 is 21.1 Å². The molecular formula is C25H29ClF3N5O2. The lowest BCUT2D eigenvalue weighted by Crippen LogP contribution is -2.37. The molecule has 0 saturated carbocycles. The molecule has 2 aromatic rings. The van der Waals surface area contributed by atoms with Gasteiger partial charge in [-0.2, -0.15) is 13.2 Å². The quantitative estimate of drug-likeness (QED) is 0.623. The molecule has 11 heteroatoms. The van der Waals surface area contributed by atoms with E-state index in [1.54, 1.807) is 26.0 Å². The highest BCUT2D eigenvalue weighted by atomic mass is 35.5. The summed E-state index contributed by atoms with van der Waals surface area (Å²) in [7, 11) is 0. The molecule has 1 saturated heterocycles. The number of nitrogens with zero attached hydrogens (tertiary/aromatic N) is 3. The van der Waals surface area contributed by atoms with Gasteiger partial charge in [-0.05, 0) is 57.5 Å². The number of carbonyl (C=O) groups excluding carboxylic acids is 1. The minimum atomic E-state index is -4.51. The first kappa shape index (κ1) is 26.2. The van der Waals surface area contributed by atoms with Gasteiger partial charge in [0.2, 0.25) is 5.91 Å². The second kappa shape index (κ2) is 10.6. The Kier molecular flexibility index (Phi) is 7.75. The van der Waals surface area contributed by atoms with Gasteiger partial charge >= 0.3 is 6.18 Å². The van der Waals surface area contributed by atoms with Gasteiger partial charge in [0.25, 0.3) is 5.56 Å². The molecule has 36 heavy (non-hydrogen) atoms. The standard InChI is InChI=1S/C25H29ClF3N5O2/c1-15(2)31-22(35)14-34-23(16-10-17(25(27,28)29)12-18(26)11-16)32-21-5-4-19(13-20(21)24(34)36)33-8-3-6-30-7-9-33/h4-5,10-11,13,15,17,30H,3,6-9,12,14H2,1-2H3,(H,31,35). The number of benzene rings is 1. The van der Waals surface area contributed by atoms with Crippen LogP contribution in [0, 0.1) is 5.92 Å². The summed E-state index contributed by atoms with van der Waals surface area (Å²) in [6.45, 7) is 6.51. The zero-order valence-corrected chi connectivity index (χ0v) is 20.9. The molecule has 2 aliphatic rings. The van der Waals surface area contributed by atoms with Crippen LogP contribution in [-0.2, 0) is 11.3 Å². The van der Waals surface area contributed by atoms with E-state index in [9.17, 15) is 22.8 Å². The van der Waals surface area contributed by atoms with Crippen LogP contribution in [0.25, 0.3) is 16.5 Å². The number of aromatic nitrogens is 2. The monoisotopic (exact) mass is 523 g/mol. The van der Waals surface area contributed by atoms with Gasteiger partial charge in [0.15, 0.2) is 0 Å². The Bertz CT molecular complexity index is 1260. The molecule has 1 aromatic heterocycles. The summed E-state index contributed by atoms with van der Waals surface area (Å²) in [6.07, 6.45) is -1.53. The van der Waals surface area contributed by atoms with E-state index in [0.29, 0.717) is 10.9 Å². The minimum absolute atomic E-state index is 0.00692. The fraction of sp³-hybridized carbons (Fsp3) is 0.480. The number of anilines is 1. The Hall–Kier alpha value is -2.85. The van der Waals surface area contributed by atoms with Crippen LogP contribution >= 0.6 is 11.6 Å². The number of allylic oxidation sites excluding steroid dienone is 4. The van der Waals surface area contributed by atoms with E-state index in [0.717, 1.165) is 48.9 Å². The molecule has 2 heterocycles. The largest absolute Gasteiger partial charge is 0.395 e. The number of nitrogens with one attached hydrogen (secondary N) is 2. The fourth-order valence-electron chi connectivity index (χ4n) is 4.50. The zero-order valence-electron chi connectivity index (χ0n) is 20.2. The Balaban J connectivity index is 1.86. The van der Waals surface area contributed by atoms with E-state index in [2.05, 4.69) is 20.5 Å². The number of rotatable bonds is 5. The van der Waals surface area contributed by atoms with E-state index in [1.165, 1.54) is 6.08 Å². The van der Waals surface area contributed by atoms with Crippen molar-refractivity contribution in [3.63, 3.8) is 0 Å². The topological polar surface area (TPSA) is 79.3 Å². The molecular weight excluding hydrogens is 495 g/mol. The second-order valence-electron chi connectivity index (χ2n) is 9.41. The van der Waals surface area contributed by atoms with Gasteiger partial charge in [-0.1, -0.05) is 17.7 Å². The summed E-state index contributed by atoms with van der Waals surface area (Å²) in [6, 6.07) is 5.12. The van der Waals surface area contributed by atoms with Crippen molar-refractivity contribution in [2.24, 2.45) is 5.92 Å². The van der Waals surface area contributed by atoms with Crippen molar-refractivity contribution < 1.29 is 18.0 Å². The number of alkyl halides is 3. The van der Waals surface area contributed by atoms with Crippen molar-refractivity contribution in [2.45, 2.75) is 45.5 Å². The molecule has 4 rings (SSSR count). The maximum atomic E-state index is 13.7. The SMILES string of the molecule is CC(C)NC(=O)Cn1c(C2=CC(C(F)(F)F)CC(Cl)=C2)nc2ccc(N3CCCNCC3)cc2c1=O. The van der Waals surface area contributed by atoms with Crippen molar-refractivity contribution >= 4 is 39.7 Å². The lowest BCUT2D eigenvalue weighted by molar-refractivity contribution is -0.160. The lowest BCUT2D eigenvalue weighted by atomic mass is 9.94. The lowest BCUT2D eigenvalue weighted by Gasteiger charge is -2.24. The summed E-state index contributed by atoms with van der Waals surface area (Å²) in [4.78, 5) is 33.0. The molecule has 0 spiro atoms. The van der Waals surface area contributed by atoms with Gasteiger partial charge in [0.1, 0.15) is 12.4 Å². The molecule has 2 N–H and O–H groups in total. The summed E-state index contributed by atoms with van der Waals surface area (Å²) in [5.41, 5.74) is 0.760. The van der Waals surface area contributed by atoms with Crippen LogP contribution in [-0.4, -0.2) is 53.9 Å². The summed E-state index contributed by atoms with van der Waals surface area (Å²) >= 11 is 6.08. The first-order valence-electron chi connectivity index (χ1n) is 12.0. The highest BCUT2D eigenvalue weighted by Gasteiger charge is 2.40. The summed E-state index contributed by atoms with van der Waals surface area (Å²) < 4.78 is 41.8. The van der Waals surface area contributed by atoms with Crippen molar-refractivity contribution in [1.29, 1.82) is 0 Å². The third-order valence-electron chi connectivity index (χ3n) is 6.18. The Morgan fingerprint density at radius 1 is 1.28 bits per heavy atom. The third-order valence-corrected chi connectivity index (χ3v) is 6.44. The van der Waals surface area contributed by atoms with Crippen LogP contribution in [0.2, 0.25) is 0 Å². The van der Waals surface area contributed by atoms with Gasteiger partial charge in [0.05, 0.1) is 16.8 Å². The van der Waals surface area contributed by atoms with Crippen molar-refractivity contribution in [1.82, 2.24) is 20.2 Å². The second-order valence-corrected chi connectivity index (χ2v) is 9.89. The van der Waals surface area contributed by atoms with Crippen LogP contribution in [0.1, 0.15) is 32.5 Å². The van der Waals surface area contributed by atoms with Crippen LogP contribution in [0.3, 0.4) is 0 Å². The molecule has 1 aromatic carbocycles. The average molecular weight is 524 g/mol. The van der Waals surface area contributed by atoms with E-state index in [1.807, 2.05) is 6.07 Å². The smallest absolute Gasteiger partial charge is 0.370 e. The number of fused-ring (bicyclic) bond motifs is 1. The molecule has 1 aliphatic carbocycles. The van der Waals surface area contributed by atoms with E-state index in [-0.39, 0.29) is 35.4 Å². The number of halogens is 4. The fourth-order valence-corrected chi connectivity index (χ4v) is 4.78. The normalized spacial score (nSPS) is 19.2. The van der Waals surface area contributed by atoms with Gasteiger partial charge in [0, 0.05) is 42.0 Å². The van der Waals surface area contributed by atoms with Crippen LogP contribution in [0.15, 0.2) is 40.2 Å². The minimum Gasteiger partial charge on any atom is -0.370 e. The first-order chi connectivity index (χ1) is 17.0. The molecule has 194 valence electrons. The predicted octanol–water partition coefficient (Wildman–Crippen LogP) is 3.81. The molecule has 1 atom stereocenters. The highest BCUT2D eigenvalue weighted by Crippen LogP contribution is 2.39. The van der Waals surface area contributed by atoms with Crippen molar-refractivity contribution in [3.05, 3.63) is 51.6 Å². The highest BCUT2D eigenvalue weighted by molar-refractivity contribution is 6.30. The number of hydrogen-bond donors (Lipinski definition) is 2. The van der Waals surface area contributed by atoms with Gasteiger partial charge in [-0.15, -0.1) is 0 Å². The van der Waals surface area contributed by atoms with Crippen molar-refractivity contribution in [3.8, 4) is 0 Å². The molecule has 7 nitrogen and oxygen atoms in total. The molecule has 1 fully saturated rings. The van der Waals surface area contributed by atoms with Crippen molar-refractivity contribution in [2.75, 3.05) is 31.1 Å². The number of amides is 1. The maximum Gasteiger partial charge on any atom is 0.395 e. The number of carbonyl (C=O) groups is 1. The van der Waals surface area contributed by atoms with Gasteiger partial charge < -0.3 is 15.5 Å². The summed E-state index contributed by atoms with van der Waals surface area (Å²) in [5.74, 6) is -2.28. The first-order valence-corrected chi connectivity index (χ1v) is 12.4. The Morgan fingerprint density at radius 2 is 2.06 bits per heavy atom. The molecule has 1 unspecified atom stereocenters. The predicted molar refractivity (Wildman–Crippen MR) is 135 cm³/mol. The maximum absolute atomic E-state index is 13.7.